The van der Waals surface area contributed by atoms with E-state index in [-0.39, 0.29) is 0 Å². The molecule has 5 unspecified atom stereocenters. The van der Waals surface area contributed by atoms with Crippen molar-refractivity contribution in [3.8, 4) is 0 Å². The van der Waals surface area contributed by atoms with Crippen LogP contribution in [0.1, 0.15) is 46.0 Å². The molecule has 2 bridgehead atoms. The van der Waals surface area contributed by atoms with Gasteiger partial charge in [0.2, 0.25) is 5.91 Å². The lowest BCUT2D eigenvalue weighted by Gasteiger charge is -2.33. The van der Waals surface area contributed by atoms with E-state index in [0.717, 1.165) is 43.3 Å². The topological polar surface area (TPSA) is 32.3 Å². The van der Waals surface area contributed by atoms with Crippen molar-refractivity contribution in [3.63, 3.8) is 0 Å². The molecule has 3 aliphatic carbocycles. The van der Waals surface area contributed by atoms with Crippen LogP contribution in [0.5, 0.6) is 0 Å². The molecule has 1 N–H and O–H groups in total. The molecule has 4 fully saturated rings. The number of rotatable bonds is 4. The predicted octanol–water partition coefficient (Wildman–Crippen LogP) is 2.52. The van der Waals surface area contributed by atoms with E-state index < -0.39 is 0 Å². The largest absolute Gasteiger partial charge is 0.340 e. The van der Waals surface area contributed by atoms with Crippen LogP contribution in [0.4, 0.5) is 0 Å². The third kappa shape index (κ3) is 2.32. The van der Waals surface area contributed by atoms with Gasteiger partial charge in [0.1, 0.15) is 0 Å². The minimum Gasteiger partial charge on any atom is -0.340 e. The van der Waals surface area contributed by atoms with Gasteiger partial charge < -0.3 is 10.2 Å². The van der Waals surface area contributed by atoms with Crippen LogP contribution in [-0.4, -0.2) is 36.5 Å². The molecule has 1 amide bonds. The Balaban J connectivity index is 1.41. The van der Waals surface area contributed by atoms with Gasteiger partial charge >= 0.3 is 0 Å². The number of hydrogen-bond acceptors (Lipinski definition) is 2. The molecule has 0 aromatic rings. The van der Waals surface area contributed by atoms with Crippen LogP contribution in [0.15, 0.2) is 0 Å². The summed E-state index contributed by atoms with van der Waals surface area (Å²) >= 11 is 0. The van der Waals surface area contributed by atoms with E-state index >= 15 is 0 Å². The summed E-state index contributed by atoms with van der Waals surface area (Å²) in [5.74, 6) is 4.94. The molecule has 3 saturated carbocycles. The van der Waals surface area contributed by atoms with Crippen LogP contribution in [0.25, 0.3) is 0 Å². The highest BCUT2D eigenvalue weighted by atomic mass is 16.2. The summed E-state index contributed by atoms with van der Waals surface area (Å²) in [4.78, 5) is 15.3. The van der Waals surface area contributed by atoms with Crippen molar-refractivity contribution in [2.24, 2.45) is 35.5 Å². The molecule has 118 valence electrons. The molecule has 4 aliphatic rings. The van der Waals surface area contributed by atoms with Crippen LogP contribution in [-0.2, 0) is 4.79 Å². The summed E-state index contributed by atoms with van der Waals surface area (Å²) in [5, 5.41) is 3.49. The Kier molecular flexibility index (Phi) is 3.52. The molecule has 3 heteroatoms. The van der Waals surface area contributed by atoms with Crippen LogP contribution < -0.4 is 5.32 Å². The molecule has 21 heavy (non-hydrogen) atoms. The van der Waals surface area contributed by atoms with Gasteiger partial charge in [-0.3, -0.25) is 4.79 Å². The maximum absolute atomic E-state index is 13.1. The molecule has 1 heterocycles. The number of carbonyl (C=O) groups excluding carboxylic acids is 1. The van der Waals surface area contributed by atoms with Crippen LogP contribution >= 0.6 is 0 Å². The first kappa shape index (κ1) is 14.0. The lowest BCUT2D eigenvalue weighted by molar-refractivity contribution is -0.136. The Labute approximate surface area is 128 Å². The molecule has 1 saturated heterocycles. The monoisotopic (exact) mass is 290 g/mol. The molecule has 0 aromatic heterocycles. The highest BCUT2D eigenvalue weighted by Crippen LogP contribution is 2.69. The van der Waals surface area contributed by atoms with E-state index in [4.69, 9.17) is 0 Å². The van der Waals surface area contributed by atoms with Gasteiger partial charge in [-0.25, -0.2) is 0 Å². The summed E-state index contributed by atoms with van der Waals surface area (Å²) in [6.45, 7) is 7.62. The van der Waals surface area contributed by atoms with Gasteiger partial charge in [0.05, 0.1) is 0 Å². The lowest BCUT2D eigenvalue weighted by atomic mass is 9.97. The average molecular weight is 290 g/mol. The molecule has 4 rings (SSSR count). The standard InChI is InChI=1S/C18H30N2O/c1-11(2)20(10-12-4-3-7-19-9-12)18(21)17-15-13-5-6-14(8-13)16(15)17/h11-17,19H,3-10H2,1-2H3. The maximum Gasteiger partial charge on any atom is 0.226 e. The first-order chi connectivity index (χ1) is 10.2. The number of amides is 1. The SMILES string of the molecule is CC(C)N(CC1CCCNC1)C(=O)C1C2C3CCC(C3)C12. The number of nitrogens with zero attached hydrogens (tertiary/aromatic N) is 1. The van der Waals surface area contributed by atoms with Crippen LogP contribution in [0.2, 0.25) is 0 Å². The van der Waals surface area contributed by atoms with Crippen molar-refractivity contribution >= 4 is 5.91 Å². The minimum absolute atomic E-state index is 0.360. The zero-order chi connectivity index (χ0) is 14.6. The van der Waals surface area contributed by atoms with Gasteiger partial charge in [-0.2, -0.15) is 0 Å². The summed E-state index contributed by atoms with van der Waals surface area (Å²) in [6, 6.07) is 0.360. The van der Waals surface area contributed by atoms with E-state index in [1.807, 2.05) is 0 Å². The van der Waals surface area contributed by atoms with Gasteiger partial charge in [0, 0.05) is 18.5 Å². The van der Waals surface area contributed by atoms with Gasteiger partial charge in [-0.05, 0) is 88.6 Å². The molecule has 1 aliphatic heterocycles. The molecule has 0 aromatic carbocycles. The Morgan fingerprint density at radius 1 is 1.19 bits per heavy atom. The smallest absolute Gasteiger partial charge is 0.226 e. The fourth-order valence-corrected chi connectivity index (χ4v) is 5.76. The Bertz CT molecular complexity index is 399. The highest BCUT2D eigenvalue weighted by molar-refractivity contribution is 5.83. The first-order valence-corrected chi connectivity index (χ1v) is 9.18. The predicted molar refractivity (Wildman–Crippen MR) is 83.7 cm³/mol. The second kappa shape index (κ2) is 5.26. The number of fused-ring (bicyclic) bond motifs is 5. The molecule has 0 spiro atoms. The second-order valence-corrected chi connectivity index (χ2v) is 8.31. The van der Waals surface area contributed by atoms with E-state index in [2.05, 4.69) is 24.1 Å². The van der Waals surface area contributed by atoms with Crippen LogP contribution in [0, 0.1) is 35.5 Å². The summed E-state index contributed by atoms with van der Waals surface area (Å²) < 4.78 is 0. The van der Waals surface area contributed by atoms with E-state index in [0.29, 0.717) is 23.8 Å². The Morgan fingerprint density at radius 3 is 2.48 bits per heavy atom. The van der Waals surface area contributed by atoms with Crippen LogP contribution in [0.3, 0.4) is 0 Å². The van der Waals surface area contributed by atoms with Crippen molar-refractivity contribution in [1.29, 1.82) is 0 Å². The van der Waals surface area contributed by atoms with Gasteiger partial charge in [0.25, 0.3) is 0 Å². The lowest BCUT2D eigenvalue weighted by Crippen LogP contribution is -2.45. The maximum atomic E-state index is 13.1. The zero-order valence-corrected chi connectivity index (χ0v) is 13.6. The number of nitrogens with one attached hydrogen (secondary N) is 1. The number of carbonyl (C=O) groups is 1. The van der Waals surface area contributed by atoms with Crippen molar-refractivity contribution in [1.82, 2.24) is 10.2 Å². The molecular weight excluding hydrogens is 260 g/mol. The molecular formula is C18H30N2O. The van der Waals surface area contributed by atoms with Gasteiger partial charge in [0.15, 0.2) is 0 Å². The van der Waals surface area contributed by atoms with Crippen molar-refractivity contribution in [2.45, 2.75) is 52.0 Å². The third-order valence-corrected chi connectivity index (χ3v) is 6.78. The zero-order valence-electron chi connectivity index (χ0n) is 13.6. The van der Waals surface area contributed by atoms with E-state index in [1.165, 1.54) is 32.1 Å². The summed E-state index contributed by atoms with van der Waals surface area (Å²) in [5.41, 5.74) is 0. The average Bonchev–Trinajstić information content (AvgIpc) is 2.92. The van der Waals surface area contributed by atoms with Gasteiger partial charge in [-0.1, -0.05) is 0 Å². The quantitative estimate of drug-likeness (QED) is 0.863. The Morgan fingerprint density at radius 2 is 1.90 bits per heavy atom. The molecule has 3 nitrogen and oxygen atoms in total. The number of hydrogen-bond donors (Lipinski definition) is 1. The minimum atomic E-state index is 0.360. The second-order valence-electron chi connectivity index (χ2n) is 8.31. The Hall–Kier alpha value is -0.570. The first-order valence-electron chi connectivity index (χ1n) is 9.18. The number of piperidine rings is 1. The highest BCUT2D eigenvalue weighted by Gasteiger charge is 2.68. The van der Waals surface area contributed by atoms with Crippen molar-refractivity contribution in [2.75, 3.05) is 19.6 Å². The third-order valence-electron chi connectivity index (χ3n) is 6.78. The van der Waals surface area contributed by atoms with E-state index in [1.54, 1.807) is 0 Å². The van der Waals surface area contributed by atoms with Gasteiger partial charge in [-0.15, -0.1) is 0 Å². The molecule has 0 radical (unpaired) electrons. The van der Waals surface area contributed by atoms with E-state index in [9.17, 15) is 4.79 Å². The van der Waals surface area contributed by atoms with Crippen molar-refractivity contribution in [3.05, 3.63) is 0 Å². The molecule has 5 atom stereocenters. The normalized spacial score (nSPS) is 44.0. The summed E-state index contributed by atoms with van der Waals surface area (Å²) in [7, 11) is 0. The summed E-state index contributed by atoms with van der Waals surface area (Å²) in [6.07, 6.45) is 6.80. The fourth-order valence-electron chi connectivity index (χ4n) is 5.76. The van der Waals surface area contributed by atoms with Crippen molar-refractivity contribution < 1.29 is 4.79 Å². The fraction of sp³-hybridized carbons (Fsp3) is 0.944.